The first-order valence-corrected chi connectivity index (χ1v) is 10.1. The van der Waals surface area contributed by atoms with E-state index < -0.39 is 0 Å². The molecule has 2 aliphatic rings. The van der Waals surface area contributed by atoms with E-state index in [1.165, 1.54) is 6.42 Å². The summed E-state index contributed by atoms with van der Waals surface area (Å²) in [5.74, 6) is 0.0133. The maximum absolute atomic E-state index is 13.0. The fraction of sp³-hybridized carbons (Fsp3) is 0.619. The zero-order chi connectivity index (χ0) is 19.2. The Morgan fingerprint density at radius 2 is 2.00 bits per heavy atom. The van der Waals surface area contributed by atoms with Crippen molar-refractivity contribution in [3.63, 3.8) is 0 Å². The maximum Gasteiger partial charge on any atom is 0.318 e. The maximum atomic E-state index is 13.0. The van der Waals surface area contributed by atoms with E-state index in [-0.39, 0.29) is 24.5 Å². The lowest BCUT2D eigenvalue weighted by molar-refractivity contribution is -0.133. The molecule has 0 radical (unpaired) electrons. The Labute approximate surface area is 162 Å². The number of nitrogens with zero attached hydrogens (tertiary/aromatic N) is 3. The molecule has 27 heavy (non-hydrogen) atoms. The number of amides is 3. The van der Waals surface area contributed by atoms with Gasteiger partial charge in [-0.3, -0.25) is 4.79 Å². The van der Waals surface area contributed by atoms with E-state index in [1.54, 1.807) is 11.0 Å². The van der Waals surface area contributed by atoms with Crippen LogP contribution < -0.4 is 5.32 Å². The van der Waals surface area contributed by atoms with Crippen LogP contribution >= 0.6 is 0 Å². The number of rotatable bonds is 8. The summed E-state index contributed by atoms with van der Waals surface area (Å²) < 4.78 is 2.04. The normalized spacial score (nSPS) is 17.4. The Bertz CT molecular complexity index is 659. The van der Waals surface area contributed by atoms with Crippen LogP contribution in [0.5, 0.6) is 0 Å². The molecule has 2 fully saturated rings. The van der Waals surface area contributed by atoms with Crippen molar-refractivity contribution in [2.24, 2.45) is 7.05 Å². The summed E-state index contributed by atoms with van der Waals surface area (Å²) in [6.45, 7) is 4.83. The van der Waals surface area contributed by atoms with Gasteiger partial charge >= 0.3 is 6.03 Å². The van der Waals surface area contributed by atoms with Crippen molar-refractivity contribution in [2.45, 2.75) is 63.6 Å². The molecule has 0 saturated heterocycles. The number of carbonyl (C=O) groups excluding carboxylic acids is 2. The highest BCUT2D eigenvalue weighted by atomic mass is 16.2. The summed E-state index contributed by atoms with van der Waals surface area (Å²) >= 11 is 0. The first-order chi connectivity index (χ1) is 13.1. The fourth-order valence-electron chi connectivity index (χ4n) is 3.78. The second-order valence-electron chi connectivity index (χ2n) is 7.82. The lowest BCUT2D eigenvalue weighted by Gasteiger charge is -2.30. The number of aromatic nitrogens is 1. The molecule has 0 aliphatic heterocycles. The first kappa shape index (κ1) is 19.5. The van der Waals surface area contributed by atoms with Crippen LogP contribution in [0.3, 0.4) is 0 Å². The van der Waals surface area contributed by atoms with Crippen molar-refractivity contribution in [1.82, 2.24) is 19.7 Å². The lowest BCUT2D eigenvalue weighted by atomic mass is 9.96. The minimum atomic E-state index is -0.148. The number of nitrogens with one attached hydrogen (secondary N) is 1. The fourth-order valence-corrected chi connectivity index (χ4v) is 3.78. The van der Waals surface area contributed by atoms with Crippen molar-refractivity contribution < 1.29 is 9.59 Å². The topological polar surface area (TPSA) is 57.6 Å². The third-order valence-corrected chi connectivity index (χ3v) is 5.59. The quantitative estimate of drug-likeness (QED) is 0.713. The average Bonchev–Trinajstić information content (AvgIpc) is 3.42. The Kier molecular flexibility index (Phi) is 6.58. The van der Waals surface area contributed by atoms with E-state index in [9.17, 15) is 9.59 Å². The van der Waals surface area contributed by atoms with Crippen molar-refractivity contribution in [2.75, 3.05) is 13.1 Å². The molecule has 148 valence electrons. The highest BCUT2D eigenvalue weighted by molar-refractivity contribution is 5.84. The smallest absolute Gasteiger partial charge is 0.318 e. The molecule has 1 aromatic rings. The third-order valence-electron chi connectivity index (χ3n) is 5.59. The summed E-state index contributed by atoms with van der Waals surface area (Å²) in [6, 6.07) is 4.42. The van der Waals surface area contributed by atoms with E-state index in [4.69, 9.17) is 0 Å². The van der Waals surface area contributed by atoms with Gasteiger partial charge in [0.15, 0.2) is 0 Å². The highest BCUT2D eigenvalue weighted by Gasteiger charge is 2.34. The second-order valence-corrected chi connectivity index (χ2v) is 7.82. The molecule has 6 heteroatoms. The Hall–Kier alpha value is -2.24. The summed E-state index contributed by atoms with van der Waals surface area (Å²) in [4.78, 5) is 29.2. The van der Waals surface area contributed by atoms with E-state index in [0.717, 1.165) is 44.2 Å². The lowest BCUT2D eigenvalue weighted by Crippen LogP contribution is -2.50. The summed E-state index contributed by atoms with van der Waals surface area (Å²) in [5, 5.41) is 3.11. The molecule has 2 saturated carbocycles. The average molecular weight is 373 g/mol. The van der Waals surface area contributed by atoms with Gasteiger partial charge in [0.1, 0.15) is 6.54 Å². The van der Waals surface area contributed by atoms with Crippen LogP contribution in [0.25, 0.3) is 0 Å². The minimum absolute atomic E-state index is 0.0133. The predicted octanol–water partition coefficient (Wildman–Crippen LogP) is 3.05. The van der Waals surface area contributed by atoms with E-state index in [0.29, 0.717) is 19.1 Å². The van der Waals surface area contributed by atoms with Gasteiger partial charge < -0.3 is 19.7 Å². The molecule has 0 aromatic carbocycles. The second kappa shape index (κ2) is 9.11. The summed E-state index contributed by atoms with van der Waals surface area (Å²) in [5.41, 5.74) is 1.11. The van der Waals surface area contributed by atoms with Crippen molar-refractivity contribution >= 4 is 11.9 Å². The van der Waals surface area contributed by atoms with Gasteiger partial charge in [-0.2, -0.15) is 0 Å². The van der Waals surface area contributed by atoms with Gasteiger partial charge in [-0.05, 0) is 37.8 Å². The number of aryl methyl sites for hydroxylation is 1. The molecule has 1 aromatic heterocycles. The number of hydrogen-bond donors (Lipinski definition) is 1. The molecule has 1 heterocycles. The van der Waals surface area contributed by atoms with Crippen LogP contribution in [0.4, 0.5) is 4.79 Å². The molecule has 2 aliphatic carbocycles. The van der Waals surface area contributed by atoms with Gasteiger partial charge in [0.05, 0.1) is 6.54 Å². The van der Waals surface area contributed by atoms with Crippen molar-refractivity contribution in [3.05, 3.63) is 36.7 Å². The van der Waals surface area contributed by atoms with E-state index in [1.807, 2.05) is 34.8 Å². The van der Waals surface area contributed by atoms with E-state index >= 15 is 0 Å². The Morgan fingerprint density at radius 1 is 1.26 bits per heavy atom. The van der Waals surface area contributed by atoms with Gasteiger partial charge in [0, 0.05) is 37.6 Å². The number of hydrogen-bond acceptors (Lipinski definition) is 2. The molecule has 6 nitrogen and oxygen atoms in total. The first-order valence-electron chi connectivity index (χ1n) is 10.1. The van der Waals surface area contributed by atoms with Crippen LogP contribution in [-0.4, -0.2) is 51.5 Å². The van der Waals surface area contributed by atoms with Crippen LogP contribution in [0, 0.1) is 0 Å². The highest BCUT2D eigenvalue weighted by Crippen LogP contribution is 2.28. The van der Waals surface area contributed by atoms with Gasteiger partial charge in [-0.15, -0.1) is 6.58 Å². The van der Waals surface area contributed by atoms with E-state index in [2.05, 4.69) is 11.9 Å². The monoisotopic (exact) mass is 372 g/mol. The Balaban J connectivity index is 1.61. The Morgan fingerprint density at radius 3 is 2.59 bits per heavy atom. The molecule has 0 bridgehead atoms. The van der Waals surface area contributed by atoms with Gasteiger partial charge in [0.2, 0.25) is 5.91 Å². The van der Waals surface area contributed by atoms with Crippen molar-refractivity contribution in [1.29, 1.82) is 0 Å². The summed E-state index contributed by atoms with van der Waals surface area (Å²) in [7, 11) is 1.99. The molecule has 3 amide bonds. The zero-order valence-corrected chi connectivity index (χ0v) is 16.4. The standard InChI is InChI=1S/C21H32N4O2/c1-3-13-24(21(27)22-17-8-5-4-6-9-17)16-20(26)25(18-11-12-18)15-19-10-7-14-23(19)2/h3,7,10,14,17-18H,1,4-6,8-9,11-13,15-16H2,2H3,(H,22,27). The van der Waals surface area contributed by atoms with Crippen LogP contribution in [0.1, 0.15) is 50.6 Å². The van der Waals surface area contributed by atoms with Crippen LogP contribution in [-0.2, 0) is 18.4 Å². The molecule has 0 unspecified atom stereocenters. The van der Waals surface area contributed by atoms with Crippen molar-refractivity contribution in [3.8, 4) is 0 Å². The molecule has 3 rings (SSSR count). The molecule has 0 spiro atoms. The van der Waals surface area contributed by atoms with Gasteiger partial charge in [0.25, 0.3) is 0 Å². The number of urea groups is 1. The van der Waals surface area contributed by atoms with Gasteiger partial charge in [-0.1, -0.05) is 25.3 Å². The molecular weight excluding hydrogens is 340 g/mol. The van der Waals surface area contributed by atoms with Gasteiger partial charge in [-0.25, -0.2) is 4.79 Å². The zero-order valence-electron chi connectivity index (χ0n) is 16.4. The third kappa shape index (κ3) is 5.37. The molecule has 0 atom stereocenters. The van der Waals surface area contributed by atoms with Crippen LogP contribution in [0.15, 0.2) is 31.0 Å². The predicted molar refractivity (Wildman–Crippen MR) is 106 cm³/mol. The van der Waals surface area contributed by atoms with Crippen LogP contribution in [0.2, 0.25) is 0 Å². The number of carbonyl (C=O) groups is 2. The molecular formula is C21H32N4O2. The summed E-state index contributed by atoms with van der Waals surface area (Å²) in [6.07, 6.45) is 11.4. The molecule has 1 N–H and O–H groups in total. The largest absolute Gasteiger partial charge is 0.353 e. The minimum Gasteiger partial charge on any atom is -0.353 e. The SMILES string of the molecule is C=CCN(CC(=O)N(Cc1cccn1C)C1CC1)C(=O)NC1CCCCC1.